The fourth-order valence-corrected chi connectivity index (χ4v) is 6.25. The largest absolute Gasteiger partial charge is 0.493 e. The second-order valence-electron chi connectivity index (χ2n) is 12.2. The van der Waals surface area contributed by atoms with Gasteiger partial charge in [-0.2, -0.15) is 0 Å². The van der Waals surface area contributed by atoms with Crippen molar-refractivity contribution in [3.05, 3.63) is 141 Å². The number of benzene rings is 4. The van der Waals surface area contributed by atoms with E-state index in [1.54, 1.807) is 14.2 Å². The fraction of sp³-hybridized carbons (Fsp3) is 0.300. The van der Waals surface area contributed by atoms with Crippen LogP contribution in [0.15, 0.2) is 109 Å². The lowest BCUT2D eigenvalue weighted by Crippen LogP contribution is -2.36. The van der Waals surface area contributed by atoms with E-state index in [4.69, 9.17) is 19.2 Å². The minimum atomic E-state index is -0.0452. The maximum atomic E-state index is 13.8. The van der Waals surface area contributed by atoms with E-state index in [0.717, 1.165) is 59.3 Å². The minimum absolute atomic E-state index is 0.0452. The summed E-state index contributed by atoms with van der Waals surface area (Å²) in [5, 5.41) is 2.81. The normalized spacial score (nSPS) is 11.1. The van der Waals surface area contributed by atoms with E-state index in [1.807, 2.05) is 85.0 Å². The Morgan fingerprint density at radius 1 is 0.694 bits per heavy atom. The number of rotatable bonds is 18. The number of nitrogens with zero attached hydrogens (tertiary/aromatic N) is 4. The lowest BCUT2D eigenvalue weighted by molar-refractivity contribution is 0.0726. The first-order valence-corrected chi connectivity index (χ1v) is 17.4. The first-order chi connectivity index (χ1) is 23.9. The zero-order valence-electron chi connectivity index (χ0n) is 28.9. The SMILES string of the molecule is COc1ccc(CCN(Cc2ccc(OCc3ccccc3)cc2)Cc2nc(C(=O)N(CCN(C)C)Cc3ccccc3)cs2)cc1OC. The van der Waals surface area contributed by atoms with Crippen molar-refractivity contribution in [1.29, 1.82) is 0 Å². The van der Waals surface area contributed by atoms with Crippen molar-refractivity contribution >= 4 is 17.2 Å². The first-order valence-electron chi connectivity index (χ1n) is 16.5. The van der Waals surface area contributed by atoms with Crippen molar-refractivity contribution in [3.63, 3.8) is 0 Å². The third kappa shape index (κ3) is 10.9. The molecule has 0 bridgehead atoms. The summed E-state index contributed by atoms with van der Waals surface area (Å²) < 4.78 is 17.0. The van der Waals surface area contributed by atoms with Gasteiger partial charge in [0.2, 0.25) is 0 Å². The summed E-state index contributed by atoms with van der Waals surface area (Å²) in [5.41, 5.74) is 5.05. The summed E-state index contributed by atoms with van der Waals surface area (Å²) in [6.07, 6.45) is 0.811. The predicted molar refractivity (Wildman–Crippen MR) is 196 cm³/mol. The highest BCUT2D eigenvalue weighted by atomic mass is 32.1. The average Bonchev–Trinajstić information content (AvgIpc) is 3.60. The topological polar surface area (TPSA) is 67.4 Å². The quantitative estimate of drug-likeness (QED) is 0.0973. The van der Waals surface area contributed by atoms with Crippen molar-refractivity contribution in [2.24, 2.45) is 0 Å². The van der Waals surface area contributed by atoms with Crippen LogP contribution in [0.25, 0.3) is 0 Å². The summed E-state index contributed by atoms with van der Waals surface area (Å²) in [7, 11) is 7.35. The Labute approximate surface area is 294 Å². The molecule has 0 aliphatic heterocycles. The van der Waals surface area contributed by atoms with Gasteiger partial charge in [-0.3, -0.25) is 9.69 Å². The number of carbonyl (C=O) groups excluding carboxylic acids is 1. The maximum absolute atomic E-state index is 13.8. The Bertz CT molecular complexity index is 1730. The van der Waals surface area contributed by atoms with Crippen molar-refractivity contribution < 1.29 is 19.0 Å². The van der Waals surface area contributed by atoms with E-state index < -0.39 is 0 Å². The lowest BCUT2D eigenvalue weighted by Gasteiger charge is -2.24. The average molecular weight is 679 g/mol. The number of likely N-dealkylation sites (N-methyl/N-ethyl adjacent to an activating group) is 1. The molecule has 1 aromatic heterocycles. The van der Waals surface area contributed by atoms with Crippen LogP contribution in [0, 0.1) is 0 Å². The Hall–Kier alpha value is -4.70. The maximum Gasteiger partial charge on any atom is 0.273 e. The van der Waals surface area contributed by atoms with Crippen molar-refractivity contribution in [3.8, 4) is 17.2 Å². The van der Waals surface area contributed by atoms with E-state index >= 15 is 0 Å². The van der Waals surface area contributed by atoms with Gasteiger partial charge >= 0.3 is 0 Å². The van der Waals surface area contributed by atoms with E-state index in [-0.39, 0.29) is 5.91 Å². The molecule has 0 unspecified atom stereocenters. The molecule has 9 heteroatoms. The molecular formula is C40H46N4O4S. The van der Waals surface area contributed by atoms with E-state index in [0.29, 0.717) is 37.7 Å². The van der Waals surface area contributed by atoms with Crippen LogP contribution in [-0.2, 0) is 32.7 Å². The molecule has 0 radical (unpaired) electrons. The molecule has 0 spiro atoms. The number of thiazole rings is 1. The van der Waals surface area contributed by atoms with Crippen LogP contribution in [0.2, 0.25) is 0 Å². The molecular weight excluding hydrogens is 633 g/mol. The van der Waals surface area contributed by atoms with E-state index in [9.17, 15) is 4.79 Å². The molecule has 0 saturated carbocycles. The molecule has 4 aromatic carbocycles. The van der Waals surface area contributed by atoms with Gasteiger partial charge in [-0.1, -0.05) is 78.9 Å². The van der Waals surface area contributed by atoms with Gasteiger partial charge in [-0.25, -0.2) is 4.98 Å². The van der Waals surface area contributed by atoms with Crippen LogP contribution in [0.4, 0.5) is 0 Å². The van der Waals surface area contributed by atoms with Crippen molar-refractivity contribution in [2.45, 2.75) is 32.7 Å². The summed E-state index contributed by atoms with van der Waals surface area (Å²) in [5.74, 6) is 2.22. The Balaban J connectivity index is 1.29. The number of carbonyl (C=O) groups is 1. The standard InChI is InChI=1S/C40H46N4O4S/c1-42(2)23-24-44(27-32-11-7-5-8-12-32)40(45)36-30-49-39(41-36)28-43(22-21-31-17-20-37(46-3)38(25-31)47-4)26-33-15-18-35(19-16-33)48-29-34-13-9-6-10-14-34/h5-20,25,30H,21-24,26-29H2,1-4H3. The first kappa shape index (κ1) is 35.6. The lowest BCUT2D eigenvalue weighted by atomic mass is 10.1. The molecule has 0 aliphatic rings. The Kier molecular flexibility index (Phi) is 13.2. The van der Waals surface area contributed by atoms with Crippen LogP contribution in [0.3, 0.4) is 0 Å². The predicted octanol–water partition coefficient (Wildman–Crippen LogP) is 7.19. The third-order valence-electron chi connectivity index (χ3n) is 8.19. The smallest absolute Gasteiger partial charge is 0.273 e. The van der Waals surface area contributed by atoms with Gasteiger partial charge in [0.1, 0.15) is 23.1 Å². The molecule has 5 rings (SSSR count). The number of amides is 1. The highest BCUT2D eigenvalue weighted by Gasteiger charge is 2.21. The molecule has 256 valence electrons. The molecule has 0 aliphatic carbocycles. The monoisotopic (exact) mass is 678 g/mol. The van der Waals surface area contributed by atoms with Gasteiger partial charge in [0.25, 0.3) is 5.91 Å². The zero-order chi connectivity index (χ0) is 34.4. The molecule has 8 nitrogen and oxygen atoms in total. The Morgan fingerprint density at radius 2 is 1.35 bits per heavy atom. The summed E-state index contributed by atoms with van der Waals surface area (Å²) >= 11 is 1.54. The number of aromatic nitrogens is 1. The van der Waals surface area contributed by atoms with Crippen LogP contribution < -0.4 is 14.2 Å². The highest BCUT2D eigenvalue weighted by molar-refractivity contribution is 7.09. The molecule has 49 heavy (non-hydrogen) atoms. The summed E-state index contributed by atoms with van der Waals surface area (Å²) in [6, 6.07) is 34.6. The minimum Gasteiger partial charge on any atom is -0.493 e. The third-order valence-corrected chi connectivity index (χ3v) is 9.03. The van der Waals surface area contributed by atoms with Crippen molar-refractivity contribution in [2.75, 3.05) is 47.9 Å². The fourth-order valence-electron chi connectivity index (χ4n) is 5.44. The highest BCUT2D eigenvalue weighted by Crippen LogP contribution is 2.28. The van der Waals surface area contributed by atoms with Gasteiger partial charge in [-0.05, 0) is 67.0 Å². The molecule has 1 amide bonds. The molecule has 0 N–H and O–H groups in total. The number of methoxy groups -OCH3 is 2. The molecule has 0 fully saturated rings. The second kappa shape index (κ2) is 18.2. The zero-order valence-corrected chi connectivity index (χ0v) is 29.7. The molecule has 5 aromatic rings. The number of hydrogen-bond donors (Lipinski definition) is 0. The van der Waals surface area contributed by atoms with Crippen LogP contribution >= 0.6 is 11.3 Å². The van der Waals surface area contributed by atoms with Crippen LogP contribution in [-0.4, -0.2) is 73.5 Å². The van der Waals surface area contributed by atoms with Gasteiger partial charge in [0, 0.05) is 38.1 Å². The molecule has 1 heterocycles. The van der Waals surface area contributed by atoms with Crippen molar-refractivity contribution in [1.82, 2.24) is 19.7 Å². The number of ether oxygens (including phenoxy) is 3. The summed E-state index contributed by atoms with van der Waals surface area (Å²) in [6.45, 7) is 4.59. The van der Waals surface area contributed by atoms with Crippen LogP contribution in [0.1, 0.15) is 37.7 Å². The van der Waals surface area contributed by atoms with E-state index in [1.165, 1.54) is 16.9 Å². The number of hydrogen-bond acceptors (Lipinski definition) is 8. The van der Waals surface area contributed by atoms with E-state index in [2.05, 4.69) is 52.3 Å². The van der Waals surface area contributed by atoms with Gasteiger partial charge in [0.15, 0.2) is 11.5 Å². The van der Waals surface area contributed by atoms with Gasteiger partial charge < -0.3 is 24.0 Å². The van der Waals surface area contributed by atoms with Gasteiger partial charge in [-0.15, -0.1) is 11.3 Å². The van der Waals surface area contributed by atoms with Gasteiger partial charge in [0.05, 0.1) is 20.8 Å². The summed E-state index contributed by atoms with van der Waals surface area (Å²) in [4.78, 5) is 25.0. The van der Waals surface area contributed by atoms with Crippen LogP contribution in [0.5, 0.6) is 17.2 Å². The Morgan fingerprint density at radius 3 is 2.02 bits per heavy atom. The molecule has 0 saturated heterocycles. The second-order valence-corrected chi connectivity index (χ2v) is 13.2. The molecule has 0 atom stereocenters.